The van der Waals surface area contributed by atoms with Crippen molar-refractivity contribution >= 4 is 0 Å². The second kappa shape index (κ2) is 18.1. The fourth-order valence-electron chi connectivity index (χ4n) is 0.649. The van der Waals surface area contributed by atoms with E-state index in [-0.39, 0.29) is 20.8 Å². The molecule has 0 saturated carbocycles. The first kappa shape index (κ1) is 50.6. The topological polar surface area (TPSA) is 79.2 Å². The average molecular weight is 759 g/mol. The van der Waals surface area contributed by atoms with Crippen LogP contribution in [0.2, 0.25) is 0 Å². The summed E-state index contributed by atoms with van der Waals surface area (Å²) in [5, 5.41) is 23.8. The fraction of sp³-hybridized carbons (Fsp3) is 0.944. The molecule has 0 spiro atoms. The van der Waals surface area contributed by atoms with Gasteiger partial charge in [0.25, 0.3) is 16.8 Å². The molecule has 0 aliphatic carbocycles. The van der Waals surface area contributed by atoms with Gasteiger partial charge in [-0.3, -0.25) is 0 Å². The van der Waals surface area contributed by atoms with E-state index in [4.69, 9.17) is 15.3 Å². The van der Waals surface area contributed by atoms with Crippen molar-refractivity contribution in [2.24, 2.45) is 0 Å². The minimum atomic E-state index is -5.69. The van der Waals surface area contributed by atoms with Crippen LogP contribution in [0.25, 0.3) is 0 Å². The summed E-state index contributed by atoms with van der Waals surface area (Å²) in [6, 6.07) is 0. The molecule has 0 aromatic carbocycles. The minimum absolute atomic E-state index is 0.340. The molecule has 3 N–H and O–H groups in total. The third-order valence-electron chi connectivity index (χ3n) is 3.80. The molecule has 42 heavy (non-hydrogen) atoms. The standard InChI is InChI=1S/3C4H4F6O.C4H10O2.C2H3.Mo/c3*1-2(11,3(5,6)7)4(8,9)10;1-5-3-4-6-2;1-2;/h3*11H,1H3;3-4H2,1-2H3;1H3;. The molecule has 0 rings (SSSR count). The first-order valence-electron chi connectivity index (χ1n) is 9.67. The van der Waals surface area contributed by atoms with Gasteiger partial charge in [0.15, 0.2) is 0 Å². The van der Waals surface area contributed by atoms with Gasteiger partial charge in [-0.15, -0.1) is 0 Å². The van der Waals surface area contributed by atoms with E-state index in [0.29, 0.717) is 13.2 Å². The second-order valence-electron chi connectivity index (χ2n) is 7.39. The molecule has 0 atom stereocenters. The van der Waals surface area contributed by atoms with Crippen LogP contribution in [0, 0.1) is 4.20 Å². The molecule has 0 heterocycles. The SMILES string of the molecule is CC(O)(C(F)(F)F)C(F)(F)F.CC(O)(C(F)(F)F)C(F)(F)F.CC(O)(C(F)(F)F)C(F)(F)F.COCCOC.C[C]#[Mo]. The van der Waals surface area contributed by atoms with Crippen LogP contribution in [-0.4, -0.2) is 96.6 Å². The Morgan fingerprint density at radius 2 is 0.548 bits per heavy atom. The fourth-order valence-corrected chi connectivity index (χ4v) is 0.649. The van der Waals surface area contributed by atoms with Gasteiger partial charge in [0.1, 0.15) is 0 Å². The molecule has 259 valence electrons. The molecule has 0 aromatic rings. The molecule has 0 aliphatic heterocycles. The van der Waals surface area contributed by atoms with E-state index < -0.39 is 53.9 Å². The third-order valence-corrected chi connectivity index (χ3v) is 3.80. The van der Waals surface area contributed by atoms with E-state index in [1.807, 2.05) is 26.1 Å². The molecular weight excluding hydrogens is 734 g/mol. The van der Waals surface area contributed by atoms with Crippen molar-refractivity contribution in [2.75, 3.05) is 27.4 Å². The molecule has 0 aliphatic rings. The summed E-state index contributed by atoms with van der Waals surface area (Å²) in [7, 11) is 3.30. The van der Waals surface area contributed by atoms with Crippen LogP contribution in [0.1, 0.15) is 27.7 Å². The Kier molecular flexibility index (Phi) is 21.8. The van der Waals surface area contributed by atoms with Gasteiger partial charge in [-0.2, -0.15) is 79.0 Å². The van der Waals surface area contributed by atoms with Crippen LogP contribution < -0.4 is 0 Å². The Bertz CT molecular complexity index is 617. The summed E-state index contributed by atoms with van der Waals surface area (Å²) in [6.07, 6.45) is -34.1. The normalized spacial score (nSPS) is 13.5. The van der Waals surface area contributed by atoms with Gasteiger partial charge in [-0.25, -0.2) is 0 Å². The number of halogens is 18. The molecule has 0 radical (unpaired) electrons. The van der Waals surface area contributed by atoms with E-state index in [0.717, 1.165) is 0 Å². The summed E-state index contributed by atoms with van der Waals surface area (Å²) in [5.41, 5.74) is -13.9. The number of rotatable bonds is 3. The molecule has 0 bridgehead atoms. The Morgan fingerprint density at radius 3 is 0.571 bits per heavy atom. The third kappa shape index (κ3) is 18.0. The zero-order chi connectivity index (χ0) is 36.0. The van der Waals surface area contributed by atoms with Crippen LogP contribution in [0.15, 0.2) is 0 Å². The number of aliphatic hydroxyl groups is 3. The molecule has 0 saturated heterocycles. The van der Waals surface area contributed by atoms with Crippen molar-refractivity contribution in [1.82, 2.24) is 0 Å². The van der Waals surface area contributed by atoms with Crippen molar-refractivity contribution in [3.8, 4) is 4.20 Å². The average Bonchev–Trinajstić information content (AvgIpc) is 2.69. The maximum absolute atomic E-state index is 11.4. The van der Waals surface area contributed by atoms with Crippen LogP contribution in [-0.2, 0) is 28.6 Å². The second-order valence-corrected chi connectivity index (χ2v) is 8.40. The summed E-state index contributed by atoms with van der Waals surface area (Å²) in [4.78, 5) is 0. The van der Waals surface area contributed by atoms with E-state index >= 15 is 0 Å². The zero-order valence-electron chi connectivity index (χ0n) is 21.8. The van der Waals surface area contributed by atoms with E-state index in [9.17, 15) is 79.0 Å². The van der Waals surface area contributed by atoms with Crippen LogP contribution in [0.5, 0.6) is 0 Å². The van der Waals surface area contributed by atoms with Crippen molar-refractivity contribution in [2.45, 2.75) is 81.6 Å². The molecule has 24 heteroatoms. The summed E-state index contributed by atoms with van der Waals surface area (Å²) >= 11 is 1.82. The van der Waals surface area contributed by atoms with Crippen molar-refractivity contribution in [1.29, 1.82) is 0 Å². The van der Waals surface area contributed by atoms with Crippen molar-refractivity contribution in [3.05, 3.63) is 0 Å². The number of ether oxygens (including phenoxy) is 2. The molecule has 0 aromatic heterocycles. The van der Waals surface area contributed by atoms with E-state index in [1.54, 1.807) is 14.2 Å². The van der Waals surface area contributed by atoms with Gasteiger partial charge in [0, 0.05) is 14.2 Å². The number of hydrogen-bond acceptors (Lipinski definition) is 5. The molecule has 0 amide bonds. The first-order valence-corrected chi connectivity index (χ1v) is 10.7. The summed E-state index contributed by atoms with van der Waals surface area (Å²) < 4.78 is 217. The van der Waals surface area contributed by atoms with Gasteiger partial charge >= 0.3 is 67.3 Å². The van der Waals surface area contributed by atoms with Crippen LogP contribution in [0.4, 0.5) is 79.0 Å². The first-order chi connectivity index (χ1) is 17.8. The molecule has 5 nitrogen and oxygen atoms in total. The molecular formula is C18H25F18MoO5. The van der Waals surface area contributed by atoms with Crippen molar-refractivity contribution in [3.63, 3.8) is 0 Å². The molecule has 0 fully saturated rings. The Balaban J connectivity index is -0.000000143. The van der Waals surface area contributed by atoms with Crippen LogP contribution >= 0.6 is 0 Å². The monoisotopic (exact) mass is 761 g/mol. The van der Waals surface area contributed by atoms with Gasteiger partial charge < -0.3 is 24.8 Å². The van der Waals surface area contributed by atoms with Gasteiger partial charge in [-0.1, -0.05) is 0 Å². The number of hydrogen-bond donors (Lipinski definition) is 3. The van der Waals surface area contributed by atoms with Gasteiger partial charge in [0.2, 0.25) is 0 Å². The van der Waals surface area contributed by atoms with E-state index in [2.05, 4.69) is 13.7 Å². The summed E-state index contributed by atoms with van der Waals surface area (Å²) in [6.45, 7) is 2.24. The van der Waals surface area contributed by atoms with Crippen molar-refractivity contribution < 1.29 is 123 Å². The molecule has 0 unspecified atom stereocenters. The maximum atomic E-state index is 11.4. The van der Waals surface area contributed by atoms with Gasteiger partial charge in [-0.05, 0) is 20.8 Å². The number of alkyl halides is 18. The quantitative estimate of drug-likeness (QED) is 0.177. The van der Waals surface area contributed by atoms with E-state index in [1.165, 1.54) is 0 Å². The van der Waals surface area contributed by atoms with Gasteiger partial charge in [0.05, 0.1) is 13.2 Å². The Morgan fingerprint density at radius 1 is 0.452 bits per heavy atom. The predicted molar refractivity (Wildman–Crippen MR) is 102 cm³/mol. The summed E-state index contributed by atoms with van der Waals surface area (Å²) in [5.74, 6) is 0. The number of methoxy groups -OCH3 is 2. The zero-order valence-corrected chi connectivity index (χ0v) is 23.8. The van der Waals surface area contributed by atoms with Crippen LogP contribution in [0.3, 0.4) is 0 Å². The Hall–Kier alpha value is -0.992. The Labute approximate surface area is 236 Å². The predicted octanol–water partition coefficient (Wildman–Crippen LogP) is 6.38.